The minimum absolute atomic E-state index is 0.331. The van der Waals surface area contributed by atoms with Crippen molar-refractivity contribution in [3.05, 3.63) is 35.4 Å². The summed E-state index contributed by atoms with van der Waals surface area (Å²) in [5.74, 6) is 0.662. The number of ether oxygens (including phenoxy) is 2. The molecule has 0 radical (unpaired) electrons. The van der Waals surface area contributed by atoms with E-state index in [1.807, 2.05) is 38.1 Å². The number of hydrogen-bond donors (Lipinski definition) is 4. The summed E-state index contributed by atoms with van der Waals surface area (Å²) in [5, 5.41) is 5.07. The molecule has 0 aliphatic heterocycles. The van der Waals surface area contributed by atoms with Crippen LogP contribution in [0.5, 0.6) is 0 Å². The van der Waals surface area contributed by atoms with Gasteiger partial charge in [-0.15, -0.1) is 0 Å². The summed E-state index contributed by atoms with van der Waals surface area (Å²) >= 11 is 0. The van der Waals surface area contributed by atoms with E-state index in [-0.39, 0.29) is 0 Å². The van der Waals surface area contributed by atoms with Gasteiger partial charge in [0.15, 0.2) is 0 Å². The standard InChI is InChI=1S/C20H20N6O4S2/c1-9-5-11-13(23-17(21-11)25-19(27)29-3)7-15(9)31-32-16-8-14-12(6-10(16)2)22-18(24-14)26-20(28)30-4/h5-8H,1-4H3,(H2,21,23,25,27)(H2,22,24,26,28). The highest BCUT2D eigenvalue weighted by Gasteiger charge is 2.13. The van der Waals surface area contributed by atoms with Gasteiger partial charge in [-0.1, -0.05) is 21.6 Å². The minimum Gasteiger partial charge on any atom is -0.453 e. The first-order chi connectivity index (χ1) is 15.4. The van der Waals surface area contributed by atoms with Gasteiger partial charge in [0, 0.05) is 9.79 Å². The molecule has 4 rings (SSSR count). The van der Waals surface area contributed by atoms with Gasteiger partial charge in [-0.3, -0.25) is 10.6 Å². The summed E-state index contributed by atoms with van der Waals surface area (Å²) < 4.78 is 9.20. The number of benzene rings is 2. The van der Waals surface area contributed by atoms with E-state index in [9.17, 15) is 9.59 Å². The number of aromatic amines is 2. The second kappa shape index (κ2) is 9.01. The lowest BCUT2D eigenvalue weighted by Gasteiger charge is -2.07. The van der Waals surface area contributed by atoms with Crippen LogP contribution in [0.15, 0.2) is 34.1 Å². The maximum atomic E-state index is 11.4. The lowest BCUT2D eigenvalue weighted by atomic mass is 10.2. The maximum Gasteiger partial charge on any atom is 0.413 e. The lowest BCUT2D eigenvalue weighted by Crippen LogP contribution is -2.11. The molecule has 2 aromatic carbocycles. The van der Waals surface area contributed by atoms with Crippen molar-refractivity contribution in [1.29, 1.82) is 0 Å². The van der Waals surface area contributed by atoms with Gasteiger partial charge in [0.1, 0.15) is 0 Å². The highest BCUT2D eigenvalue weighted by molar-refractivity contribution is 8.76. The van der Waals surface area contributed by atoms with E-state index in [2.05, 4.69) is 40.0 Å². The molecule has 0 saturated carbocycles. The monoisotopic (exact) mass is 472 g/mol. The second-order valence-corrected chi connectivity index (χ2v) is 9.05. The Labute approximate surface area is 190 Å². The Morgan fingerprint density at radius 2 is 1.19 bits per heavy atom. The number of aromatic nitrogens is 4. The molecule has 2 amide bonds. The molecule has 0 aliphatic rings. The third kappa shape index (κ3) is 4.60. The van der Waals surface area contributed by atoms with Gasteiger partial charge < -0.3 is 19.4 Å². The fraction of sp³-hybridized carbons (Fsp3) is 0.200. The van der Waals surface area contributed by atoms with E-state index in [4.69, 9.17) is 0 Å². The van der Waals surface area contributed by atoms with Crippen LogP contribution in [-0.2, 0) is 9.47 Å². The van der Waals surface area contributed by atoms with E-state index in [0.717, 1.165) is 43.0 Å². The topological polar surface area (TPSA) is 134 Å². The number of aryl methyl sites for hydroxylation is 2. The van der Waals surface area contributed by atoms with Crippen LogP contribution in [0.2, 0.25) is 0 Å². The smallest absolute Gasteiger partial charge is 0.413 e. The first-order valence-electron chi connectivity index (χ1n) is 9.41. The van der Waals surface area contributed by atoms with Crippen LogP contribution in [0.25, 0.3) is 22.1 Å². The first-order valence-corrected chi connectivity index (χ1v) is 11.6. The number of methoxy groups -OCH3 is 2. The van der Waals surface area contributed by atoms with Gasteiger partial charge in [-0.25, -0.2) is 19.6 Å². The molecule has 0 aliphatic carbocycles. The van der Waals surface area contributed by atoms with E-state index in [1.54, 1.807) is 21.6 Å². The molecule has 0 unspecified atom stereocenters. The number of nitrogens with one attached hydrogen (secondary N) is 4. The van der Waals surface area contributed by atoms with Crippen LogP contribution >= 0.6 is 21.6 Å². The molecular formula is C20H20N6O4S2. The number of amides is 2. The van der Waals surface area contributed by atoms with Crippen LogP contribution in [0.1, 0.15) is 11.1 Å². The average molecular weight is 473 g/mol. The third-order valence-electron chi connectivity index (χ3n) is 4.59. The Bertz CT molecular complexity index is 1230. The zero-order valence-corrected chi connectivity index (χ0v) is 19.3. The van der Waals surface area contributed by atoms with Crippen LogP contribution < -0.4 is 10.6 Å². The average Bonchev–Trinajstić information content (AvgIpc) is 3.33. The molecule has 4 aromatic rings. The number of carbonyl (C=O) groups excluding carboxylic acids is 2. The fourth-order valence-corrected chi connectivity index (χ4v) is 5.47. The Morgan fingerprint density at radius 3 is 1.56 bits per heavy atom. The maximum absolute atomic E-state index is 11.4. The number of anilines is 2. The molecule has 4 N–H and O–H groups in total. The van der Waals surface area contributed by atoms with Crippen LogP contribution in [0.4, 0.5) is 21.5 Å². The summed E-state index contributed by atoms with van der Waals surface area (Å²) in [4.78, 5) is 39.8. The summed E-state index contributed by atoms with van der Waals surface area (Å²) in [5.41, 5.74) is 5.27. The quantitative estimate of drug-likeness (QED) is 0.291. The third-order valence-corrected chi connectivity index (χ3v) is 7.24. The van der Waals surface area contributed by atoms with Gasteiger partial charge in [-0.2, -0.15) is 0 Å². The number of fused-ring (bicyclic) bond motifs is 2. The Balaban J connectivity index is 1.54. The van der Waals surface area contributed by atoms with E-state index >= 15 is 0 Å². The normalized spacial score (nSPS) is 11.0. The molecule has 10 nitrogen and oxygen atoms in total. The molecule has 2 aromatic heterocycles. The number of hydrogen-bond acceptors (Lipinski definition) is 8. The van der Waals surface area contributed by atoms with E-state index < -0.39 is 12.2 Å². The summed E-state index contributed by atoms with van der Waals surface area (Å²) in [7, 11) is 5.82. The zero-order valence-electron chi connectivity index (χ0n) is 17.7. The molecule has 12 heteroatoms. The predicted molar refractivity (Wildman–Crippen MR) is 125 cm³/mol. The molecule has 0 fully saturated rings. The van der Waals surface area contributed by atoms with Crippen molar-refractivity contribution in [1.82, 2.24) is 19.9 Å². The number of nitrogens with zero attached hydrogens (tertiary/aromatic N) is 2. The van der Waals surface area contributed by atoms with Crippen molar-refractivity contribution in [2.75, 3.05) is 24.9 Å². The van der Waals surface area contributed by atoms with Crippen molar-refractivity contribution in [2.45, 2.75) is 23.6 Å². The van der Waals surface area contributed by atoms with Crippen LogP contribution in [-0.4, -0.2) is 46.3 Å². The summed E-state index contributed by atoms with van der Waals surface area (Å²) in [6.07, 6.45) is -1.17. The van der Waals surface area contributed by atoms with Gasteiger partial charge in [0.2, 0.25) is 11.9 Å². The summed E-state index contributed by atoms with van der Waals surface area (Å²) in [6.45, 7) is 4.04. The largest absolute Gasteiger partial charge is 0.453 e. The van der Waals surface area contributed by atoms with Crippen molar-refractivity contribution in [3.63, 3.8) is 0 Å². The Kier molecular flexibility index (Phi) is 6.15. The van der Waals surface area contributed by atoms with Gasteiger partial charge in [0.25, 0.3) is 0 Å². The van der Waals surface area contributed by atoms with Gasteiger partial charge >= 0.3 is 12.2 Å². The van der Waals surface area contributed by atoms with Crippen molar-refractivity contribution < 1.29 is 19.1 Å². The number of rotatable bonds is 5. The van der Waals surface area contributed by atoms with Crippen molar-refractivity contribution >= 4 is 67.7 Å². The highest BCUT2D eigenvalue weighted by Crippen LogP contribution is 2.42. The zero-order chi connectivity index (χ0) is 22.8. The van der Waals surface area contributed by atoms with E-state index in [0.29, 0.717) is 11.9 Å². The number of imidazole rings is 2. The minimum atomic E-state index is -0.583. The highest BCUT2D eigenvalue weighted by atomic mass is 33.1. The van der Waals surface area contributed by atoms with Crippen LogP contribution in [0, 0.1) is 13.8 Å². The molecule has 0 bridgehead atoms. The molecule has 0 atom stereocenters. The molecule has 0 spiro atoms. The van der Waals surface area contributed by atoms with Crippen LogP contribution in [0.3, 0.4) is 0 Å². The SMILES string of the molecule is COC(=O)Nc1nc2cc(SSc3cc4nc(NC(=O)OC)[nH]c4cc3C)c(C)cc2[nH]1. The van der Waals surface area contributed by atoms with Crippen molar-refractivity contribution in [2.24, 2.45) is 0 Å². The molecular weight excluding hydrogens is 452 g/mol. The van der Waals surface area contributed by atoms with E-state index in [1.165, 1.54) is 14.2 Å². The Hall–Kier alpha value is -3.38. The molecule has 0 saturated heterocycles. The summed E-state index contributed by atoms with van der Waals surface area (Å²) in [6, 6.07) is 7.93. The predicted octanol–water partition coefficient (Wildman–Crippen LogP) is 5.21. The van der Waals surface area contributed by atoms with Gasteiger partial charge in [0.05, 0.1) is 36.3 Å². The Morgan fingerprint density at radius 1 is 0.781 bits per heavy atom. The number of H-pyrrole nitrogens is 2. The van der Waals surface area contributed by atoms with Gasteiger partial charge in [-0.05, 0) is 49.2 Å². The fourth-order valence-electron chi connectivity index (χ4n) is 2.97. The number of carbonyl (C=O) groups is 2. The molecule has 2 heterocycles. The lowest BCUT2D eigenvalue weighted by molar-refractivity contribution is 0.186. The molecule has 166 valence electrons. The first kappa shape index (κ1) is 21.8. The second-order valence-electron chi connectivity index (χ2n) is 6.84. The van der Waals surface area contributed by atoms with Crippen molar-refractivity contribution in [3.8, 4) is 0 Å². The molecule has 32 heavy (non-hydrogen) atoms.